The van der Waals surface area contributed by atoms with Gasteiger partial charge in [0.1, 0.15) is 0 Å². The Hall–Kier alpha value is -0.770. The lowest BCUT2D eigenvalue weighted by Gasteiger charge is -2.23. The van der Waals surface area contributed by atoms with E-state index < -0.39 is 0 Å². The van der Waals surface area contributed by atoms with Crippen LogP contribution in [-0.4, -0.2) is 42.6 Å². The maximum Gasteiger partial charge on any atom is 0.315 e. The van der Waals surface area contributed by atoms with Crippen molar-refractivity contribution in [2.45, 2.75) is 63.5 Å². The zero-order valence-electron chi connectivity index (χ0n) is 11.9. The van der Waals surface area contributed by atoms with Crippen molar-refractivity contribution in [3.05, 3.63) is 0 Å². The number of nitrogens with zero attached hydrogens (tertiary/aromatic N) is 1. The third-order valence-corrected chi connectivity index (χ3v) is 4.87. The van der Waals surface area contributed by atoms with Gasteiger partial charge in [0.15, 0.2) is 0 Å². The number of nitrogens with one attached hydrogen (secondary N) is 2. The summed E-state index contributed by atoms with van der Waals surface area (Å²) in [5.74, 6) is 0.665. The Morgan fingerprint density at radius 3 is 2.58 bits per heavy atom. The van der Waals surface area contributed by atoms with Crippen molar-refractivity contribution >= 4 is 6.03 Å². The molecule has 4 heteroatoms. The number of urea groups is 1. The van der Waals surface area contributed by atoms with Gasteiger partial charge in [-0.05, 0) is 44.6 Å². The van der Waals surface area contributed by atoms with Crippen LogP contribution in [0.2, 0.25) is 0 Å². The zero-order valence-corrected chi connectivity index (χ0v) is 11.9. The summed E-state index contributed by atoms with van der Waals surface area (Å²) in [7, 11) is 0. The minimum Gasteiger partial charge on any atom is -0.338 e. The van der Waals surface area contributed by atoms with Crippen molar-refractivity contribution in [3.63, 3.8) is 0 Å². The summed E-state index contributed by atoms with van der Waals surface area (Å²) >= 11 is 0. The van der Waals surface area contributed by atoms with E-state index in [0.717, 1.165) is 25.4 Å². The van der Waals surface area contributed by atoms with E-state index in [1.807, 2.05) is 0 Å². The predicted octanol–water partition coefficient (Wildman–Crippen LogP) is 2.10. The van der Waals surface area contributed by atoms with Crippen LogP contribution in [-0.2, 0) is 0 Å². The van der Waals surface area contributed by atoms with E-state index in [9.17, 15) is 4.79 Å². The van der Waals surface area contributed by atoms with E-state index in [4.69, 9.17) is 0 Å². The Morgan fingerprint density at radius 2 is 1.84 bits per heavy atom. The number of hydrogen-bond donors (Lipinski definition) is 2. The lowest BCUT2D eigenvalue weighted by atomic mass is 9.96. The van der Waals surface area contributed by atoms with Gasteiger partial charge in [-0.2, -0.15) is 0 Å². The standard InChI is InChI=1S/C15H27N3O/c19-15(17-13-4-2-1-3-5-13)16-10-12-8-9-18(11-12)14-6-7-14/h12-14H,1-11H2,(H2,16,17,19). The summed E-state index contributed by atoms with van der Waals surface area (Å²) in [5.41, 5.74) is 0. The number of carbonyl (C=O) groups excluding carboxylic acids is 1. The molecule has 3 rings (SSSR count). The van der Waals surface area contributed by atoms with Gasteiger partial charge < -0.3 is 15.5 Å². The normalized spacial score (nSPS) is 29.4. The highest BCUT2D eigenvalue weighted by Crippen LogP contribution is 2.31. The van der Waals surface area contributed by atoms with E-state index in [2.05, 4.69) is 15.5 Å². The van der Waals surface area contributed by atoms with Crippen molar-refractivity contribution in [2.75, 3.05) is 19.6 Å². The van der Waals surface area contributed by atoms with Crippen LogP contribution in [0.15, 0.2) is 0 Å². The molecular formula is C15H27N3O. The predicted molar refractivity (Wildman–Crippen MR) is 76.1 cm³/mol. The van der Waals surface area contributed by atoms with Gasteiger partial charge in [-0.25, -0.2) is 4.79 Å². The molecular weight excluding hydrogens is 238 g/mol. The fourth-order valence-corrected chi connectivity index (χ4v) is 3.52. The lowest BCUT2D eigenvalue weighted by molar-refractivity contribution is 0.230. The van der Waals surface area contributed by atoms with E-state index in [1.165, 1.54) is 51.6 Å². The molecule has 1 aliphatic heterocycles. The molecule has 0 spiro atoms. The second-order valence-electron chi connectivity index (χ2n) is 6.57. The van der Waals surface area contributed by atoms with Crippen molar-refractivity contribution in [3.8, 4) is 0 Å². The minimum absolute atomic E-state index is 0.0526. The number of amides is 2. The van der Waals surface area contributed by atoms with E-state index in [0.29, 0.717) is 12.0 Å². The Balaban J connectivity index is 1.31. The smallest absolute Gasteiger partial charge is 0.315 e. The molecule has 0 aromatic rings. The molecule has 0 aromatic heterocycles. The van der Waals surface area contributed by atoms with Crippen molar-refractivity contribution in [2.24, 2.45) is 5.92 Å². The van der Waals surface area contributed by atoms with E-state index >= 15 is 0 Å². The van der Waals surface area contributed by atoms with Gasteiger partial charge >= 0.3 is 6.03 Å². The van der Waals surface area contributed by atoms with Crippen LogP contribution in [0.1, 0.15) is 51.4 Å². The molecule has 1 unspecified atom stereocenters. The molecule has 3 fully saturated rings. The van der Waals surface area contributed by atoms with Gasteiger partial charge in [-0.1, -0.05) is 19.3 Å². The molecule has 2 aliphatic carbocycles. The van der Waals surface area contributed by atoms with Gasteiger partial charge in [0.2, 0.25) is 0 Å². The van der Waals surface area contributed by atoms with Gasteiger partial charge in [0.25, 0.3) is 0 Å². The topological polar surface area (TPSA) is 44.4 Å². The molecule has 1 atom stereocenters. The molecule has 1 heterocycles. The molecule has 3 aliphatic rings. The summed E-state index contributed by atoms with van der Waals surface area (Å²) < 4.78 is 0. The Kier molecular flexibility index (Phi) is 4.26. The minimum atomic E-state index is 0.0526. The van der Waals surface area contributed by atoms with Crippen LogP contribution in [0.25, 0.3) is 0 Å². The maximum absolute atomic E-state index is 11.9. The van der Waals surface area contributed by atoms with Crippen LogP contribution in [0.3, 0.4) is 0 Å². The molecule has 2 saturated carbocycles. The average molecular weight is 265 g/mol. The van der Waals surface area contributed by atoms with Crippen LogP contribution in [0.4, 0.5) is 4.79 Å². The molecule has 0 bridgehead atoms. The highest BCUT2D eigenvalue weighted by molar-refractivity contribution is 5.74. The number of hydrogen-bond acceptors (Lipinski definition) is 2. The summed E-state index contributed by atoms with van der Waals surface area (Å²) in [6.07, 6.45) is 10.2. The summed E-state index contributed by atoms with van der Waals surface area (Å²) in [6.45, 7) is 3.28. The van der Waals surface area contributed by atoms with Crippen molar-refractivity contribution in [1.29, 1.82) is 0 Å². The second kappa shape index (κ2) is 6.12. The summed E-state index contributed by atoms with van der Waals surface area (Å²) in [4.78, 5) is 14.5. The van der Waals surface area contributed by atoms with Crippen LogP contribution in [0, 0.1) is 5.92 Å². The third kappa shape index (κ3) is 3.85. The lowest BCUT2D eigenvalue weighted by Crippen LogP contribution is -2.44. The Bertz CT molecular complexity index is 311. The number of likely N-dealkylation sites (tertiary alicyclic amines) is 1. The summed E-state index contributed by atoms with van der Waals surface area (Å²) in [5, 5.41) is 6.20. The average Bonchev–Trinajstić information content (AvgIpc) is 3.17. The van der Waals surface area contributed by atoms with Gasteiger partial charge in [-0.3, -0.25) is 0 Å². The molecule has 0 aromatic carbocycles. The monoisotopic (exact) mass is 265 g/mol. The first kappa shape index (κ1) is 13.2. The van der Waals surface area contributed by atoms with E-state index in [1.54, 1.807) is 0 Å². The zero-order chi connectivity index (χ0) is 13.1. The fourth-order valence-electron chi connectivity index (χ4n) is 3.52. The molecule has 108 valence electrons. The van der Waals surface area contributed by atoms with Gasteiger partial charge in [0, 0.05) is 25.2 Å². The van der Waals surface area contributed by atoms with E-state index in [-0.39, 0.29) is 6.03 Å². The highest BCUT2D eigenvalue weighted by Gasteiger charge is 2.34. The number of rotatable bonds is 4. The first-order valence-corrected chi connectivity index (χ1v) is 8.09. The van der Waals surface area contributed by atoms with Crippen LogP contribution >= 0.6 is 0 Å². The number of carbonyl (C=O) groups is 1. The molecule has 0 radical (unpaired) electrons. The summed E-state index contributed by atoms with van der Waals surface area (Å²) in [6, 6.07) is 1.35. The molecule has 4 nitrogen and oxygen atoms in total. The third-order valence-electron chi connectivity index (χ3n) is 4.87. The van der Waals surface area contributed by atoms with Crippen LogP contribution < -0.4 is 10.6 Å². The molecule has 1 saturated heterocycles. The van der Waals surface area contributed by atoms with Gasteiger partial charge in [0.05, 0.1) is 0 Å². The largest absolute Gasteiger partial charge is 0.338 e. The van der Waals surface area contributed by atoms with Crippen molar-refractivity contribution in [1.82, 2.24) is 15.5 Å². The Labute approximate surface area is 116 Å². The SMILES string of the molecule is O=C(NCC1CCN(C2CC2)C1)NC1CCCCC1. The first-order valence-electron chi connectivity index (χ1n) is 8.09. The van der Waals surface area contributed by atoms with Gasteiger partial charge in [-0.15, -0.1) is 0 Å². The Morgan fingerprint density at radius 1 is 1.05 bits per heavy atom. The molecule has 2 N–H and O–H groups in total. The molecule has 2 amide bonds. The fraction of sp³-hybridized carbons (Fsp3) is 0.933. The second-order valence-corrected chi connectivity index (χ2v) is 6.57. The first-order chi connectivity index (χ1) is 9.31. The maximum atomic E-state index is 11.9. The quantitative estimate of drug-likeness (QED) is 0.817. The molecule has 19 heavy (non-hydrogen) atoms. The van der Waals surface area contributed by atoms with Crippen LogP contribution in [0.5, 0.6) is 0 Å². The highest BCUT2D eigenvalue weighted by atomic mass is 16.2. The van der Waals surface area contributed by atoms with Crippen molar-refractivity contribution < 1.29 is 4.79 Å².